The van der Waals surface area contributed by atoms with Crippen molar-refractivity contribution in [2.24, 2.45) is 5.84 Å². The molecule has 1 aromatic carbocycles. The number of H-pyrrole nitrogens is 1. The third-order valence-electron chi connectivity index (χ3n) is 3.24. The molecule has 1 saturated heterocycles. The van der Waals surface area contributed by atoms with E-state index < -0.39 is 11.9 Å². The number of hydrogen-bond donors (Lipinski definition) is 6. The Morgan fingerprint density at radius 3 is 2.61 bits per heavy atom. The molecule has 1 aliphatic rings. The molecule has 2 heterocycles. The van der Waals surface area contributed by atoms with E-state index in [0.29, 0.717) is 17.1 Å². The standard InChI is InChI=1S/C13H14N8O2/c14-19-11(9-5-15-13(23)18-12(9)22)17-8-3-1-7(2-4-8)10-6-16-21-20-10/h1-4,6,17,19H,5,14H2,(H,16,20,21)(H2,15,18,22,23). The van der Waals surface area contributed by atoms with E-state index in [1.807, 2.05) is 12.1 Å². The summed E-state index contributed by atoms with van der Waals surface area (Å²) in [7, 11) is 0. The molecule has 3 rings (SSSR count). The molecule has 0 aliphatic carbocycles. The molecule has 0 bridgehead atoms. The van der Waals surface area contributed by atoms with Gasteiger partial charge in [0.2, 0.25) is 0 Å². The first-order chi connectivity index (χ1) is 11.2. The fraction of sp³-hybridized carbons (Fsp3) is 0.0769. The van der Waals surface area contributed by atoms with E-state index in [9.17, 15) is 9.59 Å². The Kier molecular flexibility index (Phi) is 3.89. The Bertz CT molecular complexity index is 751. The van der Waals surface area contributed by atoms with Gasteiger partial charge >= 0.3 is 6.03 Å². The molecule has 7 N–H and O–H groups in total. The summed E-state index contributed by atoms with van der Waals surface area (Å²) in [5.41, 5.74) is 5.06. The van der Waals surface area contributed by atoms with Crippen LogP contribution in [0.25, 0.3) is 11.3 Å². The topological polar surface area (TPSA) is 150 Å². The van der Waals surface area contributed by atoms with Crippen molar-refractivity contribution < 1.29 is 9.59 Å². The van der Waals surface area contributed by atoms with Crippen LogP contribution >= 0.6 is 0 Å². The average molecular weight is 314 g/mol. The lowest BCUT2D eigenvalue weighted by atomic mass is 10.1. The average Bonchev–Trinajstić information content (AvgIpc) is 3.08. The van der Waals surface area contributed by atoms with Crippen molar-refractivity contribution in [1.29, 1.82) is 0 Å². The highest BCUT2D eigenvalue weighted by Gasteiger charge is 2.23. The number of aromatic amines is 1. The van der Waals surface area contributed by atoms with Crippen molar-refractivity contribution in [1.82, 2.24) is 31.5 Å². The highest BCUT2D eigenvalue weighted by Crippen LogP contribution is 2.19. The minimum absolute atomic E-state index is 0.0776. The molecular formula is C13H14N8O2. The molecule has 1 aliphatic heterocycles. The van der Waals surface area contributed by atoms with Crippen molar-refractivity contribution in [3.8, 4) is 11.3 Å². The second-order valence-corrected chi connectivity index (χ2v) is 4.69. The number of imide groups is 1. The number of nitrogens with zero attached hydrogens (tertiary/aromatic N) is 2. The van der Waals surface area contributed by atoms with Gasteiger partial charge in [0.25, 0.3) is 5.91 Å². The predicted molar refractivity (Wildman–Crippen MR) is 81.3 cm³/mol. The minimum atomic E-state index is -0.535. The fourth-order valence-corrected chi connectivity index (χ4v) is 2.08. The third-order valence-corrected chi connectivity index (χ3v) is 3.24. The smallest absolute Gasteiger partial charge is 0.321 e. The Balaban J connectivity index is 1.79. The molecule has 10 heteroatoms. The summed E-state index contributed by atoms with van der Waals surface area (Å²) in [5.74, 6) is 5.27. The van der Waals surface area contributed by atoms with Gasteiger partial charge in [0.1, 0.15) is 11.5 Å². The van der Waals surface area contributed by atoms with Gasteiger partial charge in [-0.25, -0.2) is 10.6 Å². The maximum atomic E-state index is 11.8. The number of carbonyl (C=O) groups excluding carboxylic acids is 2. The summed E-state index contributed by atoms with van der Waals surface area (Å²) in [5, 5.41) is 18.0. The molecule has 118 valence electrons. The van der Waals surface area contributed by atoms with Crippen LogP contribution in [0.2, 0.25) is 0 Å². The Morgan fingerprint density at radius 2 is 2.00 bits per heavy atom. The van der Waals surface area contributed by atoms with Crippen LogP contribution in [-0.2, 0) is 4.79 Å². The van der Waals surface area contributed by atoms with Crippen molar-refractivity contribution in [2.45, 2.75) is 0 Å². The third kappa shape index (κ3) is 3.11. The molecule has 10 nitrogen and oxygen atoms in total. The SMILES string of the molecule is NNC(Nc1ccc(-c2cn[nH]n2)cc1)=C1CNC(=O)NC1=O. The lowest BCUT2D eigenvalue weighted by molar-refractivity contribution is -0.117. The van der Waals surface area contributed by atoms with E-state index in [4.69, 9.17) is 5.84 Å². The van der Waals surface area contributed by atoms with Crippen LogP contribution in [0.1, 0.15) is 0 Å². The molecular weight excluding hydrogens is 300 g/mol. The zero-order chi connectivity index (χ0) is 16.2. The van der Waals surface area contributed by atoms with E-state index in [0.717, 1.165) is 11.3 Å². The van der Waals surface area contributed by atoms with E-state index in [2.05, 4.69) is 36.8 Å². The van der Waals surface area contributed by atoms with Crippen molar-refractivity contribution in [3.05, 3.63) is 41.9 Å². The van der Waals surface area contributed by atoms with Crippen LogP contribution in [0.4, 0.5) is 10.5 Å². The van der Waals surface area contributed by atoms with Crippen LogP contribution < -0.4 is 27.2 Å². The summed E-state index contributed by atoms with van der Waals surface area (Å²) in [6.45, 7) is 0.0776. The van der Waals surface area contributed by atoms with Gasteiger partial charge in [-0.2, -0.15) is 15.4 Å². The number of urea groups is 1. The second-order valence-electron chi connectivity index (χ2n) is 4.69. The van der Waals surface area contributed by atoms with Crippen molar-refractivity contribution in [2.75, 3.05) is 11.9 Å². The van der Waals surface area contributed by atoms with Gasteiger partial charge in [0.05, 0.1) is 18.3 Å². The van der Waals surface area contributed by atoms with E-state index in [1.165, 1.54) is 0 Å². The normalized spacial score (nSPS) is 16.4. The monoisotopic (exact) mass is 314 g/mol. The zero-order valence-electron chi connectivity index (χ0n) is 11.9. The number of hydrazine groups is 1. The molecule has 0 saturated carbocycles. The summed E-state index contributed by atoms with van der Waals surface area (Å²) >= 11 is 0. The number of nitrogens with one attached hydrogen (secondary N) is 5. The molecule has 0 spiro atoms. The van der Waals surface area contributed by atoms with Gasteiger partial charge in [-0.3, -0.25) is 10.1 Å². The second kappa shape index (κ2) is 6.15. The maximum absolute atomic E-state index is 11.8. The van der Waals surface area contributed by atoms with Gasteiger partial charge in [-0.05, 0) is 12.1 Å². The molecule has 0 atom stereocenters. The summed E-state index contributed by atoms with van der Waals surface area (Å²) in [6, 6.07) is 6.78. The first-order valence-corrected chi connectivity index (χ1v) is 6.69. The zero-order valence-corrected chi connectivity index (χ0v) is 11.9. The first-order valence-electron chi connectivity index (χ1n) is 6.69. The Hall–Kier alpha value is -3.40. The number of aromatic nitrogens is 3. The van der Waals surface area contributed by atoms with E-state index in [-0.39, 0.29) is 6.54 Å². The lowest BCUT2D eigenvalue weighted by Gasteiger charge is -2.20. The molecule has 1 aromatic heterocycles. The van der Waals surface area contributed by atoms with Crippen LogP contribution in [0.5, 0.6) is 0 Å². The van der Waals surface area contributed by atoms with Crippen LogP contribution in [0.15, 0.2) is 41.9 Å². The maximum Gasteiger partial charge on any atom is 0.321 e. The number of carbonyl (C=O) groups is 2. The lowest BCUT2D eigenvalue weighted by Crippen LogP contribution is -2.50. The largest absolute Gasteiger partial charge is 0.341 e. The number of rotatable bonds is 4. The van der Waals surface area contributed by atoms with Gasteiger partial charge in [-0.15, -0.1) is 0 Å². The van der Waals surface area contributed by atoms with E-state index >= 15 is 0 Å². The summed E-state index contributed by atoms with van der Waals surface area (Å²) in [6.07, 6.45) is 1.62. The Labute approximate surface area is 130 Å². The molecule has 3 amide bonds. The number of amides is 3. The van der Waals surface area contributed by atoms with Gasteiger partial charge in [0, 0.05) is 11.3 Å². The van der Waals surface area contributed by atoms with Crippen LogP contribution in [-0.4, -0.2) is 33.9 Å². The van der Waals surface area contributed by atoms with Gasteiger partial charge in [-0.1, -0.05) is 12.1 Å². The van der Waals surface area contributed by atoms with Gasteiger partial charge in [0.15, 0.2) is 0 Å². The van der Waals surface area contributed by atoms with Crippen LogP contribution in [0, 0.1) is 0 Å². The van der Waals surface area contributed by atoms with Gasteiger partial charge < -0.3 is 16.1 Å². The van der Waals surface area contributed by atoms with E-state index in [1.54, 1.807) is 18.3 Å². The molecule has 0 unspecified atom stereocenters. The van der Waals surface area contributed by atoms with Crippen molar-refractivity contribution >= 4 is 17.6 Å². The summed E-state index contributed by atoms with van der Waals surface area (Å²) in [4.78, 5) is 22.9. The number of hydrogen-bond acceptors (Lipinski definition) is 7. The minimum Gasteiger partial charge on any atom is -0.341 e. The molecule has 1 fully saturated rings. The number of anilines is 1. The first kappa shape index (κ1) is 14.5. The molecule has 23 heavy (non-hydrogen) atoms. The highest BCUT2D eigenvalue weighted by molar-refractivity contribution is 6.07. The van der Waals surface area contributed by atoms with Crippen LogP contribution in [0.3, 0.4) is 0 Å². The predicted octanol–water partition coefficient (Wildman–Crippen LogP) is -0.602. The fourth-order valence-electron chi connectivity index (χ4n) is 2.08. The quantitative estimate of drug-likeness (QED) is 0.250. The molecule has 2 aromatic rings. The number of benzene rings is 1. The van der Waals surface area contributed by atoms with Crippen molar-refractivity contribution in [3.63, 3.8) is 0 Å². The number of nitrogens with two attached hydrogens (primary N) is 1. The highest BCUT2D eigenvalue weighted by atomic mass is 16.2. The summed E-state index contributed by atoms with van der Waals surface area (Å²) < 4.78 is 0. The molecule has 0 radical (unpaired) electrons. The Morgan fingerprint density at radius 1 is 1.22 bits per heavy atom.